The van der Waals surface area contributed by atoms with Gasteiger partial charge in [-0.1, -0.05) is 5.16 Å². The number of nitrogens with zero attached hydrogens (tertiary/aromatic N) is 3. The molecule has 0 saturated heterocycles. The third kappa shape index (κ3) is 2.01. The van der Waals surface area contributed by atoms with Gasteiger partial charge in [0.25, 0.3) is 5.56 Å². The van der Waals surface area contributed by atoms with Crippen molar-refractivity contribution >= 4 is 0 Å². The Labute approximate surface area is 91.5 Å². The Bertz CT molecular complexity index is 604. The van der Waals surface area contributed by atoms with E-state index in [1.54, 1.807) is 6.07 Å². The quantitative estimate of drug-likeness (QED) is 0.751. The predicted octanol–water partition coefficient (Wildman–Crippen LogP) is 1.06. The SMILES string of the molecule is Cc1cc(Cn2cc(C#N)ccc2=O)on1. The first-order valence-corrected chi connectivity index (χ1v) is 4.72. The Balaban J connectivity index is 2.34. The summed E-state index contributed by atoms with van der Waals surface area (Å²) in [6, 6.07) is 6.59. The second-order valence-corrected chi connectivity index (χ2v) is 3.43. The number of aryl methyl sites for hydroxylation is 1. The number of pyridine rings is 1. The van der Waals surface area contributed by atoms with Gasteiger partial charge in [-0.2, -0.15) is 5.26 Å². The van der Waals surface area contributed by atoms with Gasteiger partial charge in [0.05, 0.1) is 17.8 Å². The van der Waals surface area contributed by atoms with Gasteiger partial charge in [-0.05, 0) is 13.0 Å². The predicted molar refractivity (Wildman–Crippen MR) is 55.8 cm³/mol. The molecule has 0 fully saturated rings. The smallest absolute Gasteiger partial charge is 0.251 e. The first-order valence-electron chi connectivity index (χ1n) is 4.72. The lowest BCUT2D eigenvalue weighted by Crippen LogP contribution is -2.19. The van der Waals surface area contributed by atoms with Crippen molar-refractivity contribution in [2.75, 3.05) is 0 Å². The number of nitriles is 1. The van der Waals surface area contributed by atoms with E-state index in [0.717, 1.165) is 5.69 Å². The molecule has 0 saturated carbocycles. The highest BCUT2D eigenvalue weighted by Gasteiger charge is 2.04. The van der Waals surface area contributed by atoms with E-state index < -0.39 is 0 Å². The molecule has 2 rings (SSSR count). The van der Waals surface area contributed by atoms with Crippen molar-refractivity contribution in [3.8, 4) is 6.07 Å². The molecule has 5 nitrogen and oxygen atoms in total. The van der Waals surface area contributed by atoms with Crippen molar-refractivity contribution in [1.29, 1.82) is 5.26 Å². The molecule has 0 N–H and O–H groups in total. The minimum Gasteiger partial charge on any atom is -0.359 e. The van der Waals surface area contributed by atoms with Crippen molar-refractivity contribution in [1.82, 2.24) is 9.72 Å². The van der Waals surface area contributed by atoms with Crippen molar-refractivity contribution in [3.63, 3.8) is 0 Å². The van der Waals surface area contributed by atoms with E-state index in [1.165, 1.54) is 22.9 Å². The summed E-state index contributed by atoms with van der Waals surface area (Å²) >= 11 is 0. The van der Waals surface area contributed by atoms with E-state index in [4.69, 9.17) is 9.78 Å². The molecule has 0 amide bonds. The van der Waals surface area contributed by atoms with Crippen LogP contribution in [0.15, 0.2) is 33.7 Å². The summed E-state index contributed by atoms with van der Waals surface area (Å²) in [4.78, 5) is 11.5. The summed E-state index contributed by atoms with van der Waals surface area (Å²) < 4.78 is 6.42. The van der Waals surface area contributed by atoms with Gasteiger partial charge >= 0.3 is 0 Å². The molecular formula is C11H9N3O2. The zero-order chi connectivity index (χ0) is 11.5. The summed E-state index contributed by atoms with van der Waals surface area (Å²) in [5.74, 6) is 0.592. The van der Waals surface area contributed by atoms with E-state index in [2.05, 4.69) is 5.16 Å². The molecule has 0 atom stereocenters. The highest BCUT2D eigenvalue weighted by molar-refractivity contribution is 5.25. The highest BCUT2D eigenvalue weighted by atomic mass is 16.5. The van der Waals surface area contributed by atoms with Crippen LogP contribution in [0.25, 0.3) is 0 Å². The number of hydrogen-bond donors (Lipinski definition) is 0. The number of rotatable bonds is 2. The normalized spacial score (nSPS) is 10.0. The number of hydrogen-bond acceptors (Lipinski definition) is 4. The minimum absolute atomic E-state index is 0.173. The molecule has 5 heteroatoms. The van der Waals surface area contributed by atoms with Crippen molar-refractivity contribution in [2.24, 2.45) is 0 Å². The second-order valence-electron chi connectivity index (χ2n) is 3.43. The Morgan fingerprint density at radius 1 is 1.56 bits per heavy atom. The Morgan fingerprint density at radius 2 is 2.38 bits per heavy atom. The van der Waals surface area contributed by atoms with Crippen molar-refractivity contribution in [3.05, 3.63) is 51.8 Å². The second kappa shape index (κ2) is 4.03. The van der Waals surface area contributed by atoms with Crippen LogP contribution in [0.3, 0.4) is 0 Å². The van der Waals surface area contributed by atoms with Gasteiger partial charge in [0.15, 0.2) is 5.76 Å². The van der Waals surface area contributed by atoms with E-state index >= 15 is 0 Å². The zero-order valence-electron chi connectivity index (χ0n) is 8.67. The van der Waals surface area contributed by atoms with E-state index in [1.807, 2.05) is 13.0 Å². The molecule has 2 aromatic heterocycles. The van der Waals surface area contributed by atoms with Crippen LogP contribution >= 0.6 is 0 Å². The van der Waals surface area contributed by atoms with Crippen molar-refractivity contribution < 1.29 is 4.52 Å². The van der Waals surface area contributed by atoms with E-state index in [0.29, 0.717) is 11.3 Å². The summed E-state index contributed by atoms with van der Waals surface area (Å²) in [5, 5.41) is 12.5. The third-order valence-electron chi connectivity index (χ3n) is 2.12. The molecule has 0 unspecified atom stereocenters. The third-order valence-corrected chi connectivity index (χ3v) is 2.12. The molecule has 2 heterocycles. The lowest BCUT2D eigenvalue weighted by molar-refractivity contribution is 0.371. The van der Waals surface area contributed by atoms with Gasteiger partial charge in [-0.15, -0.1) is 0 Å². The van der Waals surface area contributed by atoms with Crippen LogP contribution < -0.4 is 5.56 Å². The maximum atomic E-state index is 11.5. The monoisotopic (exact) mass is 215 g/mol. The Hall–Kier alpha value is -2.35. The Morgan fingerprint density at radius 3 is 3.00 bits per heavy atom. The molecule has 0 spiro atoms. The van der Waals surface area contributed by atoms with Gasteiger partial charge in [-0.25, -0.2) is 0 Å². The summed E-state index contributed by atoms with van der Waals surface area (Å²) in [6.07, 6.45) is 1.50. The molecule has 0 aliphatic heterocycles. The maximum Gasteiger partial charge on any atom is 0.251 e. The lowest BCUT2D eigenvalue weighted by Gasteiger charge is -2.01. The molecule has 80 valence electrons. The molecule has 16 heavy (non-hydrogen) atoms. The van der Waals surface area contributed by atoms with Gasteiger partial charge in [0, 0.05) is 18.3 Å². The molecular weight excluding hydrogens is 206 g/mol. The van der Waals surface area contributed by atoms with Crippen molar-refractivity contribution in [2.45, 2.75) is 13.5 Å². The van der Waals surface area contributed by atoms with Crippen LogP contribution in [0.2, 0.25) is 0 Å². The van der Waals surface area contributed by atoms with Crippen LogP contribution in [-0.4, -0.2) is 9.72 Å². The van der Waals surface area contributed by atoms with E-state index in [-0.39, 0.29) is 12.1 Å². The van der Waals surface area contributed by atoms with Crippen LogP contribution in [0.4, 0.5) is 0 Å². The molecule has 0 aliphatic rings. The largest absolute Gasteiger partial charge is 0.359 e. The number of aromatic nitrogens is 2. The first-order chi connectivity index (χ1) is 7.69. The summed E-state index contributed by atoms with van der Waals surface area (Å²) in [5.41, 5.74) is 1.03. The molecule has 0 aliphatic carbocycles. The molecule has 2 aromatic rings. The van der Waals surface area contributed by atoms with Crippen LogP contribution in [-0.2, 0) is 6.54 Å². The maximum absolute atomic E-state index is 11.5. The zero-order valence-corrected chi connectivity index (χ0v) is 8.67. The topological polar surface area (TPSA) is 71.8 Å². The molecule has 0 radical (unpaired) electrons. The summed E-state index contributed by atoms with van der Waals surface area (Å²) in [6.45, 7) is 2.09. The first kappa shape index (κ1) is 10.2. The fourth-order valence-electron chi connectivity index (χ4n) is 1.38. The van der Waals surface area contributed by atoms with Gasteiger partial charge in [0.1, 0.15) is 6.07 Å². The standard InChI is InChI=1S/C11H9N3O2/c1-8-4-10(16-13-8)7-14-6-9(5-12)2-3-11(14)15/h2-4,6H,7H2,1H3. The fourth-order valence-corrected chi connectivity index (χ4v) is 1.38. The van der Waals surface area contributed by atoms with Gasteiger partial charge in [-0.3, -0.25) is 4.79 Å². The van der Waals surface area contributed by atoms with E-state index in [9.17, 15) is 4.79 Å². The Kier molecular flexibility index (Phi) is 2.56. The average molecular weight is 215 g/mol. The van der Waals surface area contributed by atoms with Gasteiger partial charge in [0.2, 0.25) is 0 Å². The van der Waals surface area contributed by atoms with Crippen LogP contribution in [0, 0.1) is 18.3 Å². The molecule has 0 aromatic carbocycles. The average Bonchev–Trinajstić information content (AvgIpc) is 2.67. The van der Waals surface area contributed by atoms with Gasteiger partial charge < -0.3 is 9.09 Å². The highest BCUT2D eigenvalue weighted by Crippen LogP contribution is 2.04. The minimum atomic E-state index is -0.173. The fraction of sp³-hybridized carbons (Fsp3) is 0.182. The summed E-state index contributed by atoms with van der Waals surface area (Å²) in [7, 11) is 0. The molecule has 0 bridgehead atoms. The van der Waals surface area contributed by atoms with Crippen LogP contribution in [0.1, 0.15) is 17.0 Å². The van der Waals surface area contributed by atoms with Crippen LogP contribution in [0.5, 0.6) is 0 Å². The lowest BCUT2D eigenvalue weighted by atomic mass is 10.3.